The molecule has 0 spiro atoms. The summed E-state index contributed by atoms with van der Waals surface area (Å²) in [4.78, 5) is 10.9. The molecule has 0 fully saturated rings. The summed E-state index contributed by atoms with van der Waals surface area (Å²) < 4.78 is 0. The monoisotopic (exact) mass is 193 g/mol. The van der Waals surface area contributed by atoms with Crippen LogP contribution in [0.25, 0.3) is 0 Å². The SMILES string of the molecule is CC(C)c1cccc(NC(=O)NN)c1. The van der Waals surface area contributed by atoms with Crippen molar-refractivity contribution >= 4 is 11.7 Å². The third-order valence-electron chi connectivity index (χ3n) is 1.94. The van der Waals surface area contributed by atoms with E-state index < -0.39 is 6.03 Å². The van der Waals surface area contributed by atoms with E-state index in [1.807, 2.05) is 29.7 Å². The fourth-order valence-corrected chi connectivity index (χ4v) is 1.14. The van der Waals surface area contributed by atoms with Gasteiger partial charge in [0, 0.05) is 5.69 Å². The predicted octanol–water partition coefficient (Wildman–Crippen LogP) is 1.81. The molecule has 14 heavy (non-hydrogen) atoms. The van der Waals surface area contributed by atoms with Crippen LogP contribution in [-0.2, 0) is 0 Å². The molecule has 0 radical (unpaired) electrons. The van der Waals surface area contributed by atoms with Crippen LogP contribution in [0.2, 0.25) is 0 Å². The Morgan fingerprint density at radius 1 is 1.43 bits per heavy atom. The van der Waals surface area contributed by atoms with E-state index in [0.29, 0.717) is 5.92 Å². The number of hydrogen-bond donors (Lipinski definition) is 3. The van der Waals surface area contributed by atoms with Gasteiger partial charge in [-0.25, -0.2) is 10.6 Å². The van der Waals surface area contributed by atoms with Gasteiger partial charge in [-0.15, -0.1) is 0 Å². The number of nitrogens with two attached hydrogens (primary N) is 1. The number of nitrogens with one attached hydrogen (secondary N) is 2. The van der Waals surface area contributed by atoms with Crippen LogP contribution in [0.15, 0.2) is 24.3 Å². The Morgan fingerprint density at radius 2 is 2.14 bits per heavy atom. The molecule has 0 saturated heterocycles. The Kier molecular flexibility index (Phi) is 3.48. The molecule has 0 aliphatic heterocycles. The van der Waals surface area contributed by atoms with E-state index in [1.165, 1.54) is 5.56 Å². The number of benzene rings is 1. The molecule has 1 rings (SSSR count). The van der Waals surface area contributed by atoms with E-state index in [4.69, 9.17) is 5.84 Å². The van der Waals surface area contributed by atoms with E-state index in [9.17, 15) is 4.79 Å². The zero-order valence-corrected chi connectivity index (χ0v) is 8.37. The molecule has 0 atom stereocenters. The summed E-state index contributed by atoms with van der Waals surface area (Å²) in [6.45, 7) is 4.20. The van der Waals surface area contributed by atoms with E-state index >= 15 is 0 Å². The molecular formula is C10H15N3O. The van der Waals surface area contributed by atoms with Crippen LogP contribution in [0.1, 0.15) is 25.3 Å². The topological polar surface area (TPSA) is 67.2 Å². The molecule has 76 valence electrons. The maximum Gasteiger partial charge on any atom is 0.333 e. The first-order valence-electron chi connectivity index (χ1n) is 4.51. The molecule has 0 aromatic heterocycles. The van der Waals surface area contributed by atoms with Gasteiger partial charge in [0.05, 0.1) is 0 Å². The number of hydrazine groups is 1. The highest BCUT2D eigenvalue weighted by molar-refractivity contribution is 5.88. The van der Waals surface area contributed by atoms with Crippen LogP contribution in [0.5, 0.6) is 0 Å². The molecule has 2 amide bonds. The van der Waals surface area contributed by atoms with Gasteiger partial charge in [0.25, 0.3) is 0 Å². The Hall–Kier alpha value is -1.55. The lowest BCUT2D eigenvalue weighted by Crippen LogP contribution is -2.34. The third-order valence-corrected chi connectivity index (χ3v) is 1.94. The van der Waals surface area contributed by atoms with E-state index in [2.05, 4.69) is 19.2 Å². The summed E-state index contributed by atoms with van der Waals surface area (Å²) in [7, 11) is 0. The lowest BCUT2D eigenvalue weighted by Gasteiger charge is -2.08. The molecule has 0 aliphatic carbocycles. The van der Waals surface area contributed by atoms with Crippen molar-refractivity contribution in [3.8, 4) is 0 Å². The van der Waals surface area contributed by atoms with Crippen LogP contribution in [0.3, 0.4) is 0 Å². The molecular weight excluding hydrogens is 178 g/mol. The van der Waals surface area contributed by atoms with Crippen molar-refractivity contribution in [1.29, 1.82) is 0 Å². The number of rotatable bonds is 2. The minimum Gasteiger partial charge on any atom is -0.307 e. The Morgan fingerprint density at radius 3 is 2.71 bits per heavy atom. The van der Waals surface area contributed by atoms with Gasteiger partial charge in [0.1, 0.15) is 0 Å². The second-order valence-corrected chi connectivity index (χ2v) is 3.38. The van der Waals surface area contributed by atoms with Crippen molar-refractivity contribution in [3.63, 3.8) is 0 Å². The standard InChI is InChI=1S/C10H15N3O/c1-7(2)8-4-3-5-9(6-8)12-10(14)13-11/h3-7H,11H2,1-2H3,(H2,12,13,14). The van der Waals surface area contributed by atoms with Gasteiger partial charge in [0.2, 0.25) is 0 Å². The summed E-state index contributed by atoms with van der Waals surface area (Å²) in [6.07, 6.45) is 0. The van der Waals surface area contributed by atoms with Gasteiger partial charge in [-0.1, -0.05) is 26.0 Å². The van der Waals surface area contributed by atoms with E-state index in [-0.39, 0.29) is 0 Å². The number of carbonyl (C=O) groups excluding carboxylic acids is 1. The predicted molar refractivity (Wildman–Crippen MR) is 56.9 cm³/mol. The van der Waals surface area contributed by atoms with Crippen molar-refractivity contribution < 1.29 is 4.79 Å². The summed E-state index contributed by atoms with van der Waals surface area (Å²) in [5.41, 5.74) is 3.94. The van der Waals surface area contributed by atoms with Crippen LogP contribution in [-0.4, -0.2) is 6.03 Å². The number of amides is 2. The smallest absolute Gasteiger partial charge is 0.307 e. The van der Waals surface area contributed by atoms with Crippen LogP contribution >= 0.6 is 0 Å². The maximum atomic E-state index is 10.9. The third kappa shape index (κ3) is 2.74. The Balaban J connectivity index is 2.78. The molecule has 0 bridgehead atoms. The maximum absolute atomic E-state index is 10.9. The van der Waals surface area contributed by atoms with Gasteiger partial charge < -0.3 is 5.32 Å². The van der Waals surface area contributed by atoms with Crippen molar-refractivity contribution in [2.24, 2.45) is 5.84 Å². The fourth-order valence-electron chi connectivity index (χ4n) is 1.14. The van der Waals surface area contributed by atoms with Crippen molar-refractivity contribution in [2.45, 2.75) is 19.8 Å². The minimum atomic E-state index is -0.411. The fraction of sp³-hybridized carbons (Fsp3) is 0.300. The molecule has 0 heterocycles. The Labute approximate surface area is 83.5 Å². The first-order valence-corrected chi connectivity index (χ1v) is 4.51. The summed E-state index contributed by atoms with van der Waals surface area (Å²) in [5.74, 6) is 5.40. The number of anilines is 1. The second-order valence-electron chi connectivity index (χ2n) is 3.38. The summed E-state index contributed by atoms with van der Waals surface area (Å²) >= 11 is 0. The van der Waals surface area contributed by atoms with Gasteiger partial charge >= 0.3 is 6.03 Å². The second kappa shape index (κ2) is 4.62. The summed E-state index contributed by atoms with van der Waals surface area (Å²) in [5, 5.41) is 2.61. The number of urea groups is 1. The van der Waals surface area contributed by atoms with Gasteiger partial charge in [0.15, 0.2) is 0 Å². The normalized spacial score (nSPS) is 10.0. The average Bonchev–Trinajstić information content (AvgIpc) is 2.18. The van der Waals surface area contributed by atoms with Gasteiger partial charge in [-0.05, 0) is 23.6 Å². The highest BCUT2D eigenvalue weighted by Gasteiger charge is 2.02. The van der Waals surface area contributed by atoms with Gasteiger partial charge in [-0.2, -0.15) is 0 Å². The van der Waals surface area contributed by atoms with Gasteiger partial charge in [-0.3, -0.25) is 5.43 Å². The van der Waals surface area contributed by atoms with E-state index in [0.717, 1.165) is 5.69 Å². The highest BCUT2D eigenvalue weighted by atomic mass is 16.2. The highest BCUT2D eigenvalue weighted by Crippen LogP contribution is 2.18. The summed E-state index contributed by atoms with van der Waals surface area (Å²) in [6, 6.07) is 7.27. The molecule has 4 heteroatoms. The molecule has 4 N–H and O–H groups in total. The zero-order chi connectivity index (χ0) is 10.6. The van der Waals surface area contributed by atoms with Crippen LogP contribution in [0.4, 0.5) is 10.5 Å². The van der Waals surface area contributed by atoms with Crippen molar-refractivity contribution in [1.82, 2.24) is 5.43 Å². The lowest BCUT2D eigenvalue weighted by atomic mass is 10.0. The first-order chi connectivity index (χ1) is 6.63. The average molecular weight is 193 g/mol. The van der Waals surface area contributed by atoms with E-state index in [1.54, 1.807) is 0 Å². The van der Waals surface area contributed by atoms with Crippen molar-refractivity contribution in [2.75, 3.05) is 5.32 Å². The van der Waals surface area contributed by atoms with Crippen molar-refractivity contribution in [3.05, 3.63) is 29.8 Å². The molecule has 1 aromatic rings. The largest absolute Gasteiger partial charge is 0.333 e. The number of hydrogen-bond acceptors (Lipinski definition) is 2. The van der Waals surface area contributed by atoms with Crippen LogP contribution in [0, 0.1) is 0 Å². The molecule has 4 nitrogen and oxygen atoms in total. The number of carbonyl (C=O) groups is 1. The zero-order valence-electron chi connectivity index (χ0n) is 8.37. The van der Waals surface area contributed by atoms with Crippen LogP contribution < -0.4 is 16.6 Å². The lowest BCUT2D eigenvalue weighted by molar-refractivity contribution is 0.252. The quantitative estimate of drug-likeness (QED) is 0.381. The molecule has 1 aromatic carbocycles. The minimum absolute atomic E-state index is 0.411. The molecule has 0 unspecified atom stereocenters. The molecule has 0 saturated carbocycles. The Bertz CT molecular complexity index is 323. The molecule has 0 aliphatic rings. The first kappa shape index (κ1) is 10.5.